The number of para-hydroxylation sites is 1. The summed E-state index contributed by atoms with van der Waals surface area (Å²) in [6.45, 7) is 1.15. The van der Waals surface area contributed by atoms with Crippen molar-refractivity contribution in [2.45, 2.75) is 12.5 Å². The molecule has 1 atom stereocenters. The predicted molar refractivity (Wildman–Crippen MR) is 114 cm³/mol. The van der Waals surface area contributed by atoms with Gasteiger partial charge in [0, 0.05) is 30.9 Å². The van der Waals surface area contributed by atoms with Crippen LogP contribution in [0.15, 0.2) is 83.6 Å². The highest BCUT2D eigenvalue weighted by molar-refractivity contribution is 5.94. The van der Waals surface area contributed by atoms with Gasteiger partial charge in [-0.05, 0) is 24.3 Å². The van der Waals surface area contributed by atoms with Crippen molar-refractivity contribution in [2.75, 3.05) is 13.1 Å². The molecule has 2 aromatic heterocycles. The Kier molecular flexibility index (Phi) is 5.14. The quantitative estimate of drug-likeness (QED) is 0.491. The van der Waals surface area contributed by atoms with Gasteiger partial charge in [-0.3, -0.25) is 9.78 Å². The van der Waals surface area contributed by atoms with Crippen LogP contribution in [-0.4, -0.2) is 45.1 Å². The number of nitrogens with zero attached hydrogens (tertiary/aromatic N) is 4. The molecule has 154 valence electrons. The van der Waals surface area contributed by atoms with Crippen molar-refractivity contribution in [1.82, 2.24) is 20.0 Å². The second-order valence-corrected chi connectivity index (χ2v) is 7.31. The van der Waals surface area contributed by atoms with Gasteiger partial charge in [0.05, 0.1) is 17.7 Å². The molecule has 0 aliphatic carbocycles. The zero-order valence-corrected chi connectivity index (χ0v) is 16.7. The molecular weight excluding hydrogens is 392 g/mol. The van der Waals surface area contributed by atoms with Crippen molar-refractivity contribution >= 4 is 5.91 Å². The molecule has 5 rings (SSSR count). The summed E-state index contributed by atoms with van der Waals surface area (Å²) in [5, 5.41) is 4.10. The van der Waals surface area contributed by atoms with Gasteiger partial charge < -0.3 is 14.2 Å². The Bertz CT molecular complexity index is 1180. The molecule has 3 heterocycles. The minimum absolute atomic E-state index is 0.0307. The van der Waals surface area contributed by atoms with Crippen molar-refractivity contribution in [3.05, 3.63) is 84.7 Å². The Labute approximate surface area is 179 Å². The summed E-state index contributed by atoms with van der Waals surface area (Å²) >= 11 is 0. The maximum atomic E-state index is 12.7. The Hall–Kier alpha value is -4.00. The minimum atomic E-state index is -0.113. The Balaban J connectivity index is 1.32. The highest BCUT2D eigenvalue weighted by Crippen LogP contribution is 2.32. The van der Waals surface area contributed by atoms with Gasteiger partial charge in [-0.15, -0.1) is 0 Å². The van der Waals surface area contributed by atoms with Crippen molar-refractivity contribution < 1.29 is 14.1 Å². The van der Waals surface area contributed by atoms with Crippen LogP contribution < -0.4 is 4.74 Å². The lowest BCUT2D eigenvalue weighted by Crippen LogP contribution is -2.31. The minimum Gasteiger partial charge on any atom is -0.488 e. The molecule has 0 bridgehead atoms. The van der Waals surface area contributed by atoms with E-state index in [1.165, 1.54) is 0 Å². The van der Waals surface area contributed by atoms with E-state index in [-0.39, 0.29) is 12.0 Å². The average Bonchev–Trinajstić information content (AvgIpc) is 3.50. The first-order valence-electron chi connectivity index (χ1n) is 10.1. The van der Waals surface area contributed by atoms with Crippen LogP contribution in [0.4, 0.5) is 0 Å². The normalized spacial score (nSPS) is 15.7. The molecule has 0 saturated carbocycles. The molecule has 31 heavy (non-hydrogen) atoms. The number of rotatable bonds is 5. The van der Waals surface area contributed by atoms with Gasteiger partial charge >= 0.3 is 0 Å². The monoisotopic (exact) mass is 412 g/mol. The molecule has 1 aliphatic rings. The fourth-order valence-corrected chi connectivity index (χ4v) is 3.64. The van der Waals surface area contributed by atoms with Crippen LogP contribution in [0, 0.1) is 0 Å². The molecule has 7 heteroatoms. The summed E-state index contributed by atoms with van der Waals surface area (Å²) in [5.74, 6) is 1.55. The first-order chi connectivity index (χ1) is 15.3. The molecule has 0 spiro atoms. The molecule has 7 nitrogen and oxygen atoms in total. The van der Waals surface area contributed by atoms with Crippen molar-refractivity contribution in [1.29, 1.82) is 0 Å². The SMILES string of the molecule is O=C(c1cccnc1)N1CCC(Oc2ccccc2-c2nc(-c3ccccc3)no2)C1. The third-order valence-corrected chi connectivity index (χ3v) is 5.21. The topological polar surface area (TPSA) is 81.4 Å². The first kappa shape index (κ1) is 19.0. The van der Waals surface area contributed by atoms with E-state index in [0.29, 0.717) is 36.1 Å². The van der Waals surface area contributed by atoms with Crippen LogP contribution in [-0.2, 0) is 0 Å². The van der Waals surface area contributed by atoms with Gasteiger partial charge in [0.2, 0.25) is 5.82 Å². The van der Waals surface area contributed by atoms with E-state index in [1.54, 1.807) is 29.4 Å². The van der Waals surface area contributed by atoms with Crippen LogP contribution in [0.5, 0.6) is 5.75 Å². The van der Waals surface area contributed by atoms with E-state index >= 15 is 0 Å². The lowest BCUT2D eigenvalue weighted by molar-refractivity contribution is 0.0772. The molecule has 0 radical (unpaired) electrons. The van der Waals surface area contributed by atoms with Gasteiger partial charge in [0.15, 0.2) is 0 Å². The summed E-state index contributed by atoms with van der Waals surface area (Å²) in [5.41, 5.74) is 2.20. The maximum Gasteiger partial charge on any atom is 0.262 e. The van der Waals surface area contributed by atoms with Crippen molar-refractivity contribution in [3.63, 3.8) is 0 Å². The van der Waals surface area contributed by atoms with Gasteiger partial charge in [0.1, 0.15) is 11.9 Å². The molecule has 2 aromatic carbocycles. The van der Waals surface area contributed by atoms with Crippen LogP contribution in [0.2, 0.25) is 0 Å². The van der Waals surface area contributed by atoms with Gasteiger partial charge in [-0.1, -0.05) is 47.6 Å². The first-order valence-corrected chi connectivity index (χ1v) is 10.1. The van der Waals surface area contributed by atoms with E-state index in [2.05, 4.69) is 15.1 Å². The zero-order valence-electron chi connectivity index (χ0n) is 16.7. The summed E-state index contributed by atoms with van der Waals surface area (Å²) in [4.78, 5) is 23.0. The number of benzene rings is 2. The third-order valence-electron chi connectivity index (χ3n) is 5.21. The predicted octanol–water partition coefficient (Wildman–Crippen LogP) is 4.09. The summed E-state index contributed by atoms with van der Waals surface area (Å²) in [7, 11) is 0. The number of hydrogen-bond acceptors (Lipinski definition) is 6. The number of ether oxygens (including phenoxy) is 1. The van der Waals surface area contributed by atoms with Crippen molar-refractivity contribution in [2.24, 2.45) is 0 Å². The number of amides is 1. The molecular formula is C24H20N4O3. The lowest BCUT2D eigenvalue weighted by atomic mass is 10.2. The standard InChI is InChI=1S/C24H20N4O3/c29-24(18-9-6-13-25-15-18)28-14-12-19(16-28)30-21-11-5-4-10-20(21)23-26-22(27-31-23)17-7-2-1-3-8-17/h1-11,13,15,19H,12,14,16H2. The number of likely N-dealkylation sites (tertiary alicyclic amines) is 1. The van der Waals surface area contributed by atoms with Crippen LogP contribution in [0.1, 0.15) is 16.8 Å². The van der Waals surface area contributed by atoms with Crippen LogP contribution in [0.3, 0.4) is 0 Å². The number of carbonyl (C=O) groups excluding carboxylic acids is 1. The Morgan fingerprint density at radius 2 is 1.87 bits per heavy atom. The summed E-state index contributed by atoms with van der Waals surface area (Å²) in [6, 6.07) is 20.8. The van der Waals surface area contributed by atoms with E-state index in [1.807, 2.05) is 54.6 Å². The number of hydrogen-bond donors (Lipinski definition) is 0. The lowest BCUT2D eigenvalue weighted by Gasteiger charge is -2.18. The van der Waals surface area contributed by atoms with Gasteiger partial charge in [-0.2, -0.15) is 4.98 Å². The molecule has 1 unspecified atom stereocenters. The largest absolute Gasteiger partial charge is 0.488 e. The number of pyridine rings is 1. The van der Waals surface area contributed by atoms with Crippen molar-refractivity contribution in [3.8, 4) is 28.6 Å². The molecule has 1 aliphatic heterocycles. The Morgan fingerprint density at radius 3 is 2.71 bits per heavy atom. The summed E-state index contributed by atoms with van der Waals surface area (Å²) in [6.07, 6.45) is 3.88. The van der Waals surface area contributed by atoms with E-state index in [9.17, 15) is 4.79 Å². The van der Waals surface area contributed by atoms with Gasteiger partial charge in [0.25, 0.3) is 11.8 Å². The van der Waals surface area contributed by atoms with Crippen LogP contribution >= 0.6 is 0 Å². The molecule has 1 fully saturated rings. The average molecular weight is 412 g/mol. The molecule has 1 amide bonds. The number of aromatic nitrogens is 3. The fourth-order valence-electron chi connectivity index (χ4n) is 3.64. The number of carbonyl (C=O) groups is 1. The third kappa shape index (κ3) is 4.02. The molecule has 4 aromatic rings. The van der Waals surface area contributed by atoms with Gasteiger partial charge in [-0.25, -0.2) is 0 Å². The molecule has 1 saturated heterocycles. The highest BCUT2D eigenvalue weighted by Gasteiger charge is 2.29. The fraction of sp³-hybridized carbons (Fsp3) is 0.167. The second-order valence-electron chi connectivity index (χ2n) is 7.31. The van der Waals surface area contributed by atoms with E-state index < -0.39 is 0 Å². The van der Waals surface area contributed by atoms with E-state index in [4.69, 9.17) is 9.26 Å². The summed E-state index contributed by atoms with van der Waals surface area (Å²) < 4.78 is 11.8. The highest BCUT2D eigenvalue weighted by atomic mass is 16.5. The second kappa shape index (κ2) is 8.39. The maximum absolute atomic E-state index is 12.7. The Morgan fingerprint density at radius 1 is 1.03 bits per heavy atom. The smallest absolute Gasteiger partial charge is 0.262 e. The van der Waals surface area contributed by atoms with E-state index in [0.717, 1.165) is 17.5 Å². The molecule has 0 N–H and O–H groups in total. The zero-order chi connectivity index (χ0) is 21.0. The van der Waals surface area contributed by atoms with Crippen LogP contribution in [0.25, 0.3) is 22.8 Å².